The third-order valence-corrected chi connectivity index (χ3v) is 2.69. The predicted octanol–water partition coefficient (Wildman–Crippen LogP) is 5.08. The quantitative estimate of drug-likeness (QED) is 0.303. The van der Waals surface area contributed by atoms with Crippen molar-refractivity contribution in [2.24, 2.45) is 0 Å². The van der Waals surface area contributed by atoms with Gasteiger partial charge in [0, 0.05) is 5.33 Å². The van der Waals surface area contributed by atoms with Gasteiger partial charge in [0.05, 0.1) is 0 Å². The van der Waals surface area contributed by atoms with Crippen LogP contribution >= 0.6 is 15.9 Å². The molecule has 0 N–H and O–H groups in total. The molecule has 1 heteroatoms. The Kier molecular flexibility index (Phi) is 12.4. The number of unbranched alkanes of at least 4 members (excludes halogenated alkanes) is 6. The fraction of sp³-hybridized carbons (Fsp3) is 0.833. The number of allylic oxidation sites excluding steroid dienone is 2. The average molecular weight is 247 g/mol. The van der Waals surface area contributed by atoms with Gasteiger partial charge >= 0.3 is 0 Å². The number of rotatable bonds is 9. The van der Waals surface area contributed by atoms with Crippen molar-refractivity contribution in [2.45, 2.75) is 58.3 Å². The van der Waals surface area contributed by atoms with E-state index in [9.17, 15) is 0 Å². The van der Waals surface area contributed by atoms with Crippen molar-refractivity contribution in [2.75, 3.05) is 5.33 Å². The first-order valence-corrected chi connectivity index (χ1v) is 6.75. The molecule has 0 aromatic heterocycles. The summed E-state index contributed by atoms with van der Waals surface area (Å²) in [6.45, 7) is 2.23. The first-order valence-electron chi connectivity index (χ1n) is 5.62. The topological polar surface area (TPSA) is 0 Å². The van der Waals surface area contributed by atoms with E-state index in [4.69, 9.17) is 0 Å². The van der Waals surface area contributed by atoms with Crippen molar-refractivity contribution in [3.05, 3.63) is 12.2 Å². The molecule has 78 valence electrons. The standard InChI is InChI=1S/C12H23Br/c1-2-3-4-5-6-7-8-9-10-11-12-13/h4-5H,2-3,6-12H2,1H3. The molecule has 0 aliphatic heterocycles. The summed E-state index contributed by atoms with van der Waals surface area (Å²) in [5.41, 5.74) is 0. The molecule has 0 atom stereocenters. The summed E-state index contributed by atoms with van der Waals surface area (Å²) in [5.74, 6) is 0. The lowest BCUT2D eigenvalue weighted by Gasteiger charge is -1.96. The first kappa shape index (κ1) is 13.2. The Morgan fingerprint density at radius 2 is 1.46 bits per heavy atom. The van der Waals surface area contributed by atoms with E-state index < -0.39 is 0 Å². The van der Waals surface area contributed by atoms with Gasteiger partial charge in [-0.05, 0) is 25.7 Å². The number of halogens is 1. The molecule has 0 heterocycles. The van der Waals surface area contributed by atoms with Crippen LogP contribution in [-0.2, 0) is 0 Å². The molecule has 0 radical (unpaired) electrons. The molecule has 0 saturated heterocycles. The maximum absolute atomic E-state index is 3.45. The van der Waals surface area contributed by atoms with Crippen LogP contribution < -0.4 is 0 Å². The van der Waals surface area contributed by atoms with Crippen LogP contribution in [0.25, 0.3) is 0 Å². The van der Waals surface area contributed by atoms with Crippen LogP contribution in [-0.4, -0.2) is 5.33 Å². The van der Waals surface area contributed by atoms with E-state index in [-0.39, 0.29) is 0 Å². The van der Waals surface area contributed by atoms with Crippen molar-refractivity contribution in [3.8, 4) is 0 Å². The van der Waals surface area contributed by atoms with Gasteiger partial charge in [-0.1, -0.05) is 60.7 Å². The normalized spacial score (nSPS) is 11.2. The lowest BCUT2D eigenvalue weighted by atomic mass is 10.1. The monoisotopic (exact) mass is 246 g/mol. The molecule has 0 rings (SSSR count). The zero-order valence-corrected chi connectivity index (χ0v) is 10.5. The third-order valence-electron chi connectivity index (χ3n) is 2.13. The summed E-state index contributed by atoms with van der Waals surface area (Å²) in [6, 6.07) is 0. The van der Waals surface area contributed by atoms with Crippen molar-refractivity contribution >= 4 is 15.9 Å². The van der Waals surface area contributed by atoms with E-state index in [1.165, 1.54) is 56.7 Å². The van der Waals surface area contributed by atoms with Crippen LogP contribution in [0, 0.1) is 0 Å². The summed E-state index contributed by atoms with van der Waals surface area (Å²) >= 11 is 3.45. The van der Waals surface area contributed by atoms with Gasteiger partial charge in [0.15, 0.2) is 0 Å². The van der Waals surface area contributed by atoms with Crippen LogP contribution in [0.1, 0.15) is 58.3 Å². The van der Waals surface area contributed by atoms with Gasteiger partial charge < -0.3 is 0 Å². The molecule has 0 amide bonds. The third kappa shape index (κ3) is 12.2. The number of hydrogen-bond acceptors (Lipinski definition) is 0. The van der Waals surface area contributed by atoms with Crippen LogP contribution in [0.15, 0.2) is 12.2 Å². The second kappa shape index (κ2) is 12.2. The fourth-order valence-corrected chi connectivity index (χ4v) is 1.69. The Morgan fingerprint density at radius 1 is 0.846 bits per heavy atom. The van der Waals surface area contributed by atoms with Crippen LogP contribution in [0.3, 0.4) is 0 Å². The number of hydrogen-bond donors (Lipinski definition) is 0. The van der Waals surface area contributed by atoms with Gasteiger partial charge in [-0.15, -0.1) is 0 Å². The predicted molar refractivity (Wildman–Crippen MR) is 65.5 cm³/mol. The van der Waals surface area contributed by atoms with Crippen molar-refractivity contribution in [1.82, 2.24) is 0 Å². The zero-order valence-electron chi connectivity index (χ0n) is 8.90. The fourth-order valence-electron chi connectivity index (χ4n) is 1.29. The Balaban J connectivity index is 2.91. The minimum Gasteiger partial charge on any atom is -0.0928 e. The van der Waals surface area contributed by atoms with E-state index in [0.29, 0.717) is 0 Å². The van der Waals surface area contributed by atoms with E-state index in [2.05, 4.69) is 35.0 Å². The van der Waals surface area contributed by atoms with Crippen LogP contribution in [0.2, 0.25) is 0 Å². The summed E-state index contributed by atoms with van der Waals surface area (Å²) < 4.78 is 0. The highest BCUT2D eigenvalue weighted by molar-refractivity contribution is 9.09. The molecular formula is C12H23Br. The molecule has 0 saturated carbocycles. The highest BCUT2D eigenvalue weighted by Crippen LogP contribution is 2.07. The molecule has 0 unspecified atom stereocenters. The van der Waals surface area contributed by atoms with Gasteiger partial charge in [-0.25, -0.2) is 0 Å². The molecule has 13 heavy (non-hydrogen) atoms. The van der Waals surface area contributed by atoms with Crippen LogP contribution in [0.5, 0.6) is 0 Å². The second-order valence-corrected chi connectivity index (χ2v) is 4.30. The molecule has 0 spiro atoms. The van der Waals surface area contributed by atoms with Crippen LogP contribution in [0.4, 0.5) is 0 Å². The Morgan fingerprint density at radius 3 is 2.15 bits per heavy atom. The Labute approximate surface area is 91.9 Å². The lowest BCUT2D eigenvalue weighted by molar-refractivity contribution is 0.640. The summed E-state index contributed by atoms with van der Waals surface area (Å²) in [4.78, 5) is 0. The van der Waals surface area contributed by atoms with Gasteiger partial charge in [0.2, 0.25) is 0 Å². The molecule has 0 bridgehead atoms. The highest BCUT2D eigenvalue weighted by atomic mass is 79.9. The van der Waals surface area contributed by atoms with E-state index in [1.54, 1.807) is 0 Å². The summed E-state index contributed by atoms with van der Waals surface area (Å²) in [5, 5.41) is 1.17. The summed E-state index contributed by atoms with van der Waals surface area (Å²) in [6.07, 6.45) is 15.4. The molecule has 0 aromatic carbocycles. The molecule has 0 aliphatic rings. The van der Waals surface area contributed by atoms with E-state index in [1.807, 2.05) is 0 Å². The highest BCUT2D eigenvalue weighted by Gasteiger charge is 1.87. The van der Waals surface area contributed by atoms with Gasteiger partial charge in [-0.2, -0.15) is 0 Å². The minimum absolute atomic E-state index is 1.17. The molecule has 0 aliphatic carbocycles. The van der Waals surface area contributed by atoms with Crippen molar-refractivity contribution < 1.29 is 0 Å². The summed E-state index contributed by atoms with van der Waals surface area (Å²) in [7, 11) is 0. The van der Waals surface area contributed by atoms with E-state index in [0.717, 1.165) is 0 Å². The lowest BCUT2D eigenvalue weighted by Crippen LogP contribution is -1.79. The van der Waals surface area contributed by atoms with E-state index >= 15 is 0 Å². The zero-order chi connectivity index (χ0) is 9.78. The first-order chi connectivity index (χ1) is 6.41. The minimum atomic E-state index is 1.17. The van der Waals surface area contributed by atoms with Gasteiger partial charge in [0.25, 0.3) is 0 Å². The Bertz CT molecular complexity index is 108. The molecule has 0 nitrogen and oxygen atoms in total. The maximum atomic E-state index is 3.45. The van der Waals surface area contributed by atoms with Gasteiger partial charge in [-0.3, -0.25) is 0 Å². The Hall–Kier alpha value is 0.220. The SMILES string of the molecule is CCCC=CCCCCCCCBr. The number of alkyl halides is 1. The van der Waals surface area contributed by atoms with Crippen molar-refractivity contribution in [3.63, 3.8) is 0 Å². The smallest absolute Gasteiger partial charge is 0.00313 e. The maximum Gasteiger partial charge on any atom is 0.00313 e. The molecule has 0 aromatic rings. The van der Waals surface area contributed by atoms with Gasteiger partial charge in [0.1, 0.15) is 0 Å². The van der Waals surface area contributed by atoms with Crippen molar-refractivity contribution in [1.29, 1.82) is 0 Å². The molecule has 0 fully saturated rings. The average Bonchev–Trinajstić information content (AvgIpc) is 2.16. The largest absolute Gasteiger partial charge is 0.0928 e. The second-order valence-electron chi connectivity index (χ2n) is 3.51. The molecular weight excluding hydrogens is 224 g/mol.